The number of benzene rings is 2. The van der Waals surface area contributed by atoms with Crippen LogP contribution in [0.15, 0.2) is 48.5 Å². The number of urea groups is 1. The molecule has 0 aromatic heterocycles. The third-order valence-electron chi connectivity index (χ3n) is 4.33. The Morgan fingerprint density at radius 3 is 2.29 bits per heavy atom. The second-order valence-electron chi connectivity index (χ2n) is 6.22. The number of alkyl halides is 2. The first-order valence-electron chi connectivity index (χ1n) is 8.37. The minimum atomic E-state index is -2.94. The lowest BCUT2D eigenvalue weighted by atomic mass is 9.92. The zero-order valence-corrected chi connectivity index (χ0v) is 15.6. The summed E-state index contributed by atoms with van der Waals surface area (Å²) in [5.74, 6) is 0.0703. The van der Waals surface area contributed by atoms with Crippen LogP contribution in [-0.2, 0) is 10.3 Å². The first-order chi connectivity index (χ1) is 13.3. The van der Waals surface area contributed by atoms with Gasteiger partial charge in [-0.1, -0.05) is 23.7 Å². The van der Waals surface area contributed by atoms with Crippen molar-refractivity contribution in [2.45, 2.75) is 19.1 Å². The molecule has 0 radical (unpaired) electrons. The largest absolute Gasteiger partial charge is 0.492 e. The van der Waals surface area contributed by atoms with Gasteiger partial charge in [-0.05, 0) is 48.9 Å². The molecule has 1 aliphatic rings. The van der Waals surface area contributed by atoms with Crippen LogP contribution < -0.4 is 14.8 Å². The molecule has 9 heteroatoms. The number of amides is 3. The third kappa shape index (κ3) is 4.17. The van der Waals surface area contributed by atoms with E-state index in [0.717, 1.165) is 4.90 Å². The van der Waals surface area contributed by atoms with Crippen LogP contribution >= 0.6 is 11.6 Å². The van der Waals surface area contributed by atoms with E-state index >= 15 is 0 Å². The van der Waals surface area contributed by atoms with E-state index < -0.39 is 24.1 Å². The van der Waals surface area contributed by atoms with Gasteiger partial charge in [0, 0.05) is 5.02 Å². The van der Waals surface area contributed by atoms with E-state index in [0.29, 0.717) is 16.3 Å². The fourth-order valence-electron chi connectivity index (χ4n) is 2.85. The van der Waals surface area contributed by atoms with Gasteiger partial charge in [0.05, 0.1) is 6.54 Å². The topological polar surface area (TPSA) is 67.9 Å². The van der Waals surface area contributed by atoms with Gasteiger partial charge in [0.15, 0.2) is 0 Å². The molecule has 1 atom stereocenters. The number of rotatable bonds is 7. The molecular formula is C19H17ClF2N2O4. The van der Waals surface area contributed by atoms with Gasteiger partial charge in [-0.3, -0.25) is 9.69 Å². The lowest BCUT2D eigenvalue weighted by Crippen LogP contribution is -2.41. The van der Waals surface area contributed by atoms with Crippen molar-refractivity contribution in [1.29, 1.82) is 0 Å². The Morgan fingerprint density at radius 2 is 1.68 bits per heavy atom. The van der Waals surface area contributed by atoms with Crippen molar-refractivity contribution in [2.24, 2.45) is 0 Å². The molecule has 0 bridgehead atoms. The minimum absolute atomic E-state index is 0.0349. The highest BCUT2D eigenvalue weighted by atomic mass is 35.5. The molecule has 1 aliphatic heterocycles. The highest BCUT2D eigenvalue weighted by Gasteiger charge is 2.48. The molecule has 0 saturated carbocycles. The van der Waals surface area contributed by atoms with Crippen LogP contribution in [0.5, 0.6) is 11.5 Å². The molecule has 1 heterocycles. The van der Waals surface area contributed by atoms with Crippen molar-refractivity contribution < 1.29 is 27.8 Å². The van der Waals surface area contributed by atoms with Crippen LogP contribution in [0.4, 0.5) is 13.6 Å². The van der Waals surface area contributed by atoms with Crippen molar-refractivity contribution in [3.05, 3.63) is 59.1 Å². The van der Waals surface area contributed by atoms with E-state index in [9.17, 15) is 18.4 Å². The molecule has 1 saturated heterocycles. The predicted octanol–water partition coefficient (Wildman–Crippen LogP) is 3.79. The Hall–Kier alpha value is -2.87. The summed E-state index contributed by atoms with van der Waals surface area (Å²) in [6.07, 6.45) is 0. The molecule has 0 aliphatic carbocycles. The molecule has 2 aromatic rings. The lowest BCUT2D eigenvalue weighted by Gasteiger charge is -2.22. The molecular weight excluding hydrogens is 394 g/mol. The molecule has 0 spiro atoms. The number of nitrogens with one attached hydrogen (secondary N) is 1. The summed E-state index contributed by atoms with van der Waals surface area (Å²) in [6.45, 7) is -1.23. The molecule has 2 aromatic carbocycles. The molecule has 1 fully saturated rings. The zero-order valence-electron chi connectivity index (χ0n) is 14.8. The smallest absolute Gasteiger partial charge is 0.387 e. The molecule has 1 N–H and O–H groups in total. The fourth-order valence-corrected chi connectivity index (χ4v) is 2.98. The van der Waals surface area contributed by atoms with Crippen LogP contribution in [0.3, 0.4) is 0 Å². The molecule has 3 amide bonds. The summed E-state index contributed by atoms with van der Waals surface area (Å²) in [5, 5.41) is 3.21. The van der Waals surface area contributed by atoms with Gasteiger partial charge >= 0.3 is 12.6 Å². The van der Waals surface area contributed by atoms with Crippen molar-refractivity contribution in [3.63, 3.8) is 0 Å². The Labute approximate surface area is 165 Å². The van der Waals surface area contributed by atoms with E-state index in [2.05, 4.69) is 10.1 Å². The minimum Gasteiger partial charge on any atom is -0.492 e. The first kappa shape index (κ1) is 19.9. The molecule has 0 unspecified atom stereocenters. The van der Waals surface area contributed by atoms with Gasteiger partial charge < -0.3 is 14.8 Å². The van der Waals surface area contributed by atoms with Crippen LogP contribution in [0.2, 0.25) is 5.02 Å². The van der Waals surface area contributed by atoms with E-state index in [1.807, 2.05) is 0 Å². The Kier molecular flexibility index (Phi) is 5.69. The van der Waals surface area contributed by atoms with E-state index in [-0.39, 0.29) is 18.9 Å². The van der Waals surface area contributed by atoms with Crippen LogP contribution in [-0.4, -0.2) is 36.6 Å². The van der Waals surface area contributed by atoms with Crippen LogP contribution in [0.1, 0.15) is 12.5 Å². The summed E-state index contributed by atoms with van der Waals surface area (Å²) in [4.78, 5) is 26.1. The quantitative estimate of drug-likeness (QED) is 0.705. The summed E-state index contributed by atoms with van der Waals surface area (Å²) in [5.41, 5.74) is -0.852. The SMILES string of the molecule is C[C@]1(c2ccc(OC(F)F)cc2)NC(=O)N(CCOc2ccc(Cl)cc2)C1=O. The van der Waals surface area contributed by atoms with Gasteiger partial charge in [-0.2, -0.15) is 8.78 Å². The molecule has 3 rings (SSSR count). The predicted molar refractivity (Wildman–Crippen MR) is 97.6 cm³/mol. The Morgan fingerprint density at radius 1 is 1.07 bits per heavy atom. The number of ether oxygens (including phenoxy) is 2. The number of carbonyl (C=O) groups is 2. The van der Waals surface area contributed by atoms with Gasteiger partial charge in [-0.15, -0.1) is 0 Å². The summed E-state index contributed by atoms with van der Waals surface area (Å²) in [6, 6.07) is 11.7. The maximum atomic E-state index is 12.8. The number of hydrogen-bond donors (Lipinski definition) is 1. The third-order valence-corrected chi connectivity index (χ3v) is 4.58. The van der Waals surface area contributed by atoms with E-state index in [1.54, 1.807) is 31.2 Å². The van der Waals surface area contributed by atoms with Crippen molar-refractivity contribution >= 4 is 23.5 Å². The first-order valence-corrected chi connectivity index (χ1v) is 8.75. The van der Waals surface area contributed by atoms with E-state index in [4.69, 9.17) is 16.3 Å². The van der Waals surface area contributed by atoms with Crippen LogP contribution in [0.25, 0.3) is 0 Å². The second-order valence-corrected chi connectivity index (χ2v) is 6.65. The highest BCUT2D eigenvalue weighted by Crippen LogP contribution is 2.30. The number of carbonyl (C=O) groups excluding carboxylic acids is 2. The average molecular weight is 411 g/mol. The summed E-state index contributed by atoms with van der Waals surface area (Å²) in [7, 11) is 0. The standard InChI is InChI=1S/C19H17ClF2N2O4/c1-19(12-2-6-15(7-3-12)28-17(21)22)16(25)24(18(26)23-19)10-11-27-14-8-4-13(20)5-9-14/h2-9,17H,10-11H2,1H3,(H,23,26)/t19-/m1/s1. The normalized spacial score (nSPS) is 19.1. The van der Waals surface area contributed by atoms with Gasteiger partial charge in [0.1, 0.15) is 23.6 Å². The van der Waals surface area contributed by atoms with Gasteiger partial charge in [-0.25, -0.2) is 4.79 Å². The van der Waals surface area contributed by atoms with Crippen molar-refractivity contribution in [3.8, 4) is 11.5 Å². The maximum absolute atomic E-state index is 12.8. The second kappa shape index (κ2) is 8.02. The number of imide groups is 1. The summed E-state index contributed by atoms with van der Waals surface area (Å²) >= 11 is 5.81. The van der Waals surface area contributed by atoms with Crippen LogP contribution in [0, 0.1) is 0 Å². The Balaban J connectivity index is 1.65. The number of hydrogen-bond acceptors (Lipinski definition) is 4. The average Bonchev–Trinajstić information content (AvgIpc) is 2.87. The fraction of sp³-hybridized carbons (Fsp3) is 0.263. The maximum Gasteiger partial charge on any atom is 0.387 e. The van der Waals surface area contributed by atoms with Gasteiger partial charge in [0.2, 0.25) is 0 Å². The number of halogens is 3. The zero-order chi connectivity index (χ0) is 20.3. The molecule has 6 nitrogen and oxygen atoms in total. The molecule has 148 valence electrons. The van der Waals surface area contributed by atoms with Gasteiger partial charge in [0.25, 0.3) is 5.91 Å². The van der Waals surface area contributed by atoms with E-state index in [1.165, 1.54) is 24.3 Å². The molecule has 28 heavy (non-hydrogen) atoms. The highest BCUT2D eigenvalue weighted by molar-refractivity contribution is 6.30. The number of nitrogens with zero attached hydrogens (tertiary/aromatic N) is 1. The lowest BCUT2D eigenvalue weighted by molar-refractivity contribution is -0.131. The van der Waals surface area contributed by atoms with Crippen molar-refractivity contribution in [2.75, 3.05) is 13.2 Å². The Bertz CT molecular complexity index is 861. The summed E-state index contributed by atoms with van der Waals surface area (Å²) < 4.78 is 34.4. The monoisotopic (exact) mass is 410 g/mol. The van der Waals surface area contributed by atoms with Crippen molar-refractivity contribution in [1.82, 2.24) is 10.2 Å².